The molecule has 0 spiro atoms. The zero-order valence-electron chi connectivity index (χ0n) is 75.6. The number of benzene rings is 11. The normalized spacial score (nSPS) is 11.8. The van der Waals surface area contributed by atoms with E-state index in [1.807, 2.05) is 12.3 Å². The van der Waals surface area contributed by atoms with Gasteiger partial charge in [0, 0.05) is 29.0 Å². The van der Waals surface area contributed by atoms with Gasteiger partial charge in [0.25, 0.3) is 0 Å². The Kier molecular flexibility index (Phi) is 45.0. The summed E-state index contributed by atoms with van der Waals surface area (Å²) in [5.74, 6) is 8.06. The van der Waals surface area contributed by atoms with Crippen LogP contribution in [0.4, 0.5) is 0 Å². The van der Waals surface area contributed by atoms with E-state index in [9.17, 15) is 0 Å². The third-order valence-corrected chi connectivity index (χ3v) is 20.8. The maximum Gasteiger partial charge on any atom is 0.0456 e. The lowest BCUT2D eigenvalue weighted by atomic mass is 9.84. The maximum absolute atomic E-state index is 3.29. The standard InChI is InChI=1S/C17H20.C16H18.2C14H16.C12H15N.C12H18.C11H16.C10H20.C8H13N/c1-14(2)8-9-15-10-12-17(13-11-15)16-6-4-3-5-7-16;1-13(2)12-14-8-10-16(11-9-14)15-6-4-3-5-7-15;1-11(2)10-13-8-5-7-12-6-3-4-9-14(12)13;1-11(2)9-12-7-8-13-5-3-4-6-14(13)10-12;1-9(2)7-10-8-13-12-6-4-3-5-11(10)12;1-10(2)4-7-12-8-5-11(3)6-9-12;1-10(2)8-9-11-6-4-3-5-7-11;1-9(2)8-10-6-4-3-5-7-10;1-7(2)6-8-4-3-5-9-8/h3-7,10-14H,8-9H2,1-2H3;3-11,13H,12H2,1-2H3;3-9,11H,10H2,1-2H3;3-8,10-11H,9H2,1-2H3;3-6,8-9,13H,7H2,1-2H3;5-6,8-10H,4,7H2,1-3H3;3-7,10H,8-9H2,1-2H3;9-10H,3-8H2,1-2H3;3-5,7,9H,6H2,1-2H3. The van der Waals surface area contributed by atoms with E-state index in [0.717, 1.165) is 78.4 Å². The van der Waals surface area contributed by atoms with Gasteiger partial charge in [0.15, 0.2) is 0 Å². The SMILES string of the molecule is CC(C)CC1CCCCC1.CC(C)CCc1ccc(-c2ccccc2)cc1.CC(C)CCc1ccccc1.CC(C)Cc1c[nH]c2ccccc12.CC(C)Cc1ccc(-c2ccccc2)cc1.CC(C)Cc1ccc2ccccc2c1.CC(C)Cc1ccc[nH]1.CC(C)Cc1cccc2ccccc12.Cc1ccc(CCC(C)C)cc1. The minimum Gasteiger partial charge on any atom is -0.365 e. The number of aromatic nitrogens is 2. The van der Waals surface area contributed by atoms with Crippen LogP contribution in [0.25, 0.3) is 54.7 Å². The highest BCUT2D eigenvalue weighted by Crippen LogP contribution is 2.30. The van der Waals surface area contributed by atoms with E-state index in [4.69, 9.17) is 0 Å². The number of rotatable bonds is 23. The molecule has 0 atom stereocenters. The van der Waals surface area contributed by atoms with Crippen LogP contribution in [0.3, 0.4) is 0 Å². The summed E-state index contributed by atoms with van der Waals surface area (Å²) in [5, 5.41) is 6.82. The molecular weight excluding hydrogens is 1400 g/mol. The quantitative estimate of drug-likeness (QED) is 0.0640. The van der Waals surface area contributed by atoms with Crippen LogP contribution in [0.2, 0.25) is 0 Å². The Morgan fingerprint density at radius 3 is 1.17 bits per heavy atom. The van der Waals surface area contributed by atoms with Crippen molar-refractivity contribution in [1.29, 1.82) is 0 Å². The molecule has 1 fully saturated rings. The predicted octanol–water partition coefficient (Wildman–Crippen LogP) is 33.6. The zero-order chi connectivity index (χ0) is 83.8. The van der Waals surface area contributed by atoms with Gasteiger partial charge in [0.1, 0.15) is 0 Å². The Morgan fingerprint density at radius 1 is 0.276 bits per heavy atom. The van der Waals surface area contributed by atoms with Crippen molar-refractivity contribution in [2.45, 2.75) is 241 Å². The molecule has 2 N–H and O–H groups in total. The molecule has 0 radical (unpaired) electrons. The lowest BCUT2D eigenvalue weighted by molar-refractivity contribution is 0.305. The maximum atomic E-state index is 3.29. The van der Waals surface area contributed by atoms with Crippen LogP contribution in [0.5, 0.6) is 0 Å². The molecule has 1 saturated carbocycles. The third-order valence-electron chi connectivity index (χ3n) is 20.8. The van der Waals surface area contributed by atoms with Gasteiger partial charge in [-0.15, -0.1) is 0 Å². The fourth-order valence-electron chi connectivity index (χ4n) is 14.7. The Hall–Kier alpha value is -9.24. The molecule has 2 heteroatoms. The van der Waals surface area contributed by atoms with Gasteiger partial charge in [-0.1, -0.05) is 429 Å². The summed E-state index contributed by atoms with van der Waals surface area (Å²) in [4.78, 5) is 6.46. The number of fused-ring (bicyclic) bond motifs is 3. The van der Waals surface area contributed by atoms with Crippen molar-refractivity contribution in [3.8, 4) is 22.3 Å². The van der Waals surface area contributed by atoms with Crippen LogP contribution in [-0.4, -0.2) is 9.97 Å². The minimum absolute atomic E-state index is 0.721. The second-order valence-electron chi connectivity index (χ2n) is 36.4. The Balaban J connectivity index is 0.000000204. The van der Waals surface area contributed by atoms with Gasteiger partial charge in [-0.25, -0.2) is 0 Å². The Bertz CT molecular complexity index is 4570. The molecule has 116 heavy (non-hydrogen) atoms. The number of H-pyrrole nitrogens is 2. The van der Waals surface area contributed by atoms with E-state index in [0.29, 0.717) is 0 Å². The van der Waals surface area contributed by atoms with Gasteiger partial charge >= 0.3 is 0 Å². The summed E-state index contributed by atoms with van der Waals surface area (Å²) < 4.78 is 0. The van der Waals surface area contributed by atoms with Crippen LogP contribution in [0.15, 0.2) is 298 Å². The second-order valence-corrected chi connectivity index (χ2v) is 36.4. The van der Waals surface area contributed by atoms with Gasteiger partial charge in [-0.2, -0.15) is 0 Å². The molecule has 0 unspecified atom stereocenters. The third kappa shape index (κ3) is 40.1. The van der Waals surface area contributed by atoms with Crippen LogP contribution in [0, 0.1) is 66.1 Å². The summed E-state index contributed by atoms with van der Waals surface area (Å²) in [5.41, 5.74) is 19.3. The van der Waals surface area contributed by atoms with Crippen molar-refractivity contribution in [3.05, 3.63) is 348 Å². The summed E-state index contributed by atoms with van der Waals surface area (Å²) in [7, 11) is 0. The number of hydrogen-bond acceptors (Lipinski definition) is 0. The van der Waals surface area contributed by atoms with Crippen molar-refractivity contribution in [3.63, 3.8) is 0 Å². The monoisotopic (exact) mass is 1550 g/mol. The lowest BCUT2D eigenvalue weighted by Gasteiger charge is -2.22. The molecule has 2 nitrogen and oxygen atoms in total. The van der Waals surface area contributed by atoms with Crippen LogP contribution in [0.1, 0.15) is 233 Å². The van der Waals surface area contributed by atoms with E-state index in [-0.39, 0.29) is 0 Å². The first-order valence-corrected chi connectivity index (χ1v) is 44.9. The Morgan fingerprint density at radius 2 is 0.681 bits per heavy atom. The predicted molar refractivity (Wildman–Crippen MR) is 517 cm³/mol. The summed E-state index contributed by atoms with van der Waals surface area (Å²) in [6, 6.07) is 102. The number of aryl methyl sites for hydroxylation is 4. The van der Waals surface area contributed by atoms with Gasteiger partial charge in [-0.05, 0) is 244 Å². The van der Waals surface area contributed by atoms with E-state index in [1.54, 1.807) is 0 Å². The fraction of sp³-hybridized carbons (Fsp3) is 0.404. The summed E-state index contributed by atoms with van der Waals surface area (Å²) >= 11 is 0. The van der Waals surface area contributed by atoms with E-state index < -0.39 is 0 Å². The van der Waals surface area contributed by atoms with Crippen molar-refractivity contribution < 1.29 is 0 Å². The molecule has 0 amide bonds. The number of para-hydroxylation sites is 1. The highest BCUT2D eigenvalue weighted by molar-refractivity contribution is 5.86. The van der Waals surface area contributed by atoms with Crippen molar-refractivity contribution in [1.82, 2.24) is 9.97 Å². The number of hydrogen-bond donors (Lipinski definition) is 2. The summed E-state index contributed by atoms with van der Waals surface area (Å²) in [6.45, 7) is 43.0. The molecule has 2 aromatic heterocycles. The highest BCUT2D eigenvalue weighted by Gasteiger charge is 2.14. The number of aromatic amines is 2. The molecular formula is C114H152N2. The van der Waals surface area contributed by atoms with E-state index in [2.05, 4.69) is 427 Å². The highest BCUT2D eigenvalue weighted by atomic mass is 14.7. The average Bonchev–Trinajstić information content (AvgIpc) is 1.70. The van der Waals surface area contributed by atoms with Crippen molar-refractivity contribution in [2.75, 3.05) is 0 Å². The molecule has 14 rings (SSSR count). The molecule has 0 bridgehead atoms. The van der Waals surface area contributed by atoms with E-state index in [1.165, 1.54) is 195 Å². The molecule has 0 aliphatic heterocycles. The first-order valence-electron chi connectivity index (χ1n) is 44.9. The molecule has 618 valence electrons. The zero-order valence-corrected chi connectivity index (χ0v) is 75.6. The average molecular weight is 1550 g/mol. The van der Waals surface area contributed by atoms with Crippen molar-refractivity contribution >= 4 is 32.4 Å². The van der Waals surface area contributed by atoms with E-state index >= 15 is 0 Å². The second kappa shape index (κ2) is 54.6. The van der Waals surface area contributed by atoms with Crippen LogP contribution < -0.4 is 0 Å². The molecule has 1 aliphatic carbocycles. The first kappa shape index (κ1) is 95.6. The largest absolute Gasteiger partial charge is 0.365 e. The van der Waals surface area contributed by atoms with Gasteiger partial charge in [-0.3, -0.25) is 0 Å². The smallest absolute Gasteiger partial charge is 0.0456 e. The molecule has 1 aliphatic rings. The minimum atomic E-state index is 0.721. The van der Waals surface area contributed by atoms with Gasteiger partial charge < -0.3 is 9.97 Å². The topological polar surface area (TPSA) is 31.6 Å². The van der Waals surface area contributed by atoms with Crippen LogP contribution >= 0.6 is 0 Å². The van der Waals surface area contributed by atoms with Gasteiger partial charge in [0.05, 0.1) is 0 Å². The molecule has 0 saturated heterocycles. The molecule has 13 aromatic rings. The van der Waals surface area contributed by atoms with Gasteiger partial charge in [0.2, 0.25) is 0 Å². The lowest BCUT2D eigenvalue weighted by Crippen LogP contribution is -2.08. The number of nitrogens with one attached hydrogen (secondary N) is 2. The summed E-state index contributed by atoms with van der Waals surface area (Å²) in [6.07, 6.45) is 26.4. The molecule has 11 aromatic carbocycles. The molecule has 2 heterocycles. The van der Waals surface area contributed by atoms with Crippen LogP contribution in [-0.2, 0) is 51.4 Å². The fourth-order valence-corrected chi connectivity index (χ4v) is 14.7. The Labute approximate surface area is 707 Å². The van der Waals surface area contributed by atoms with Crippen molar-refractivity contribution in [2.24, 2.45) is 59.2 Å². The first-order chi connectivity index (χ1) is 55.8.